The summed E-state index contributed by atoms with van der Waals surface area (Å²) in [5.41, 5.74) is 0.273. The maximum Gasteiger partial charge on any atom is 0.513 e. The number of Topliss-reactive ketones (excluding diaryl/α,β-unsaturated/α-hetero) is 1. The summed E-state index contributed by atoms with van der Waals surface area (Å²) in [6.45, 7) is 4.92. The zero-order valence-electron chi connectivity index (χ0n) is 10.8. The number of nitrogens with zero attached hydrogens (tertiary/aromatic N) is 1. The number of rotatable bonds is 6. The molecule has 0 aliphatic heterocycles. The molecule has 0 unspecified atom stereocenters. The molecule has 0 saturated carbocycles. The number of benzene rings is 1. The zero-order valence-corrected chi connectivity index (χ0v) is 10.8. The van der Waals surface area contributed by atoms with Gasteiger partial charge in [0.15, 0.2) is 5.78 Å². The molecule has 0 heterocycles. The van der Waals surface area contributed by atoms with E-state index < -0.39 is 11.1 Å². The molecule has 7 nitrogen and oxygen atoms in total. The zero-order chi connectivity index (χ0) is 15.1. The van der Waals surface area contributed by atoms with E-state index in [2.05, 4.69) is 11.3 Å². The lowest BCUT2D eigenvalue weighted by Gasteiger charge is -2.05. The van der Waals surface area contributed by atoms with Crippen LogP contribution in [0.25, 0.3) is 0 Å². The van der Waals surface area contributed by atoms with Crippen molar-refractivity contribution < 1.29 is 24.0 Å². The minimum absolute atomic E-state index is 0.0324. The van der Waals surface area contributed by atoms with E-state index in [1.807, 2.05) is 0 Å². The van der Waals surface area contributed by atoms with Crippen LogP contribution in [0.3, 0.4) is 0 Å². The highest BCUT2D eigenvalue weighted by Gasteiger charge is 2.10. The van der Waals surface area contributed by atoms with Crippen molar-refractivity contribution >= 4 is 17.6 Å². The van der Waals surface area contributed by atoms with Crippen molar-refractivity contribution in [2.75, 3.05) is 6.61 Å². The Morgan fingerprint density at radius 3 is 2.40 bits per heavy atom. The van der Waals surface area contributed by atoms with Crippen molar-refractivity contribution in [1.29, 1.82) is 0 Å². The van der Waals surface area contributed by atoms with Crippen molar-refractivity contribution in [1.82, 2.24) is 0 Å². The van der Waals surface area contributed by atoms with E-state index in [1.54, 1.807) is 6.92 Å². The number of hydrogen-bond donors (Lipinski definition) is 0. The van der Waals surface area contributed by atoms with Gasteiger partial charge in [0.25, 0.3) is 5.69 Å². The number of hydrogen-bond acceptors (Lipinski definition) is 6. The van der Waals surface area contributed by atoms with Gasteiger partial charge in [-0.25, -0.2) is 4.79 Å². The second kappa shape index (κ2) is 7.03. The quantitative estimate of drug-likeness (QED) is 0.261. The van der Waals surface area contributed by atoms with Crippen LogP contribution in [-0.4, -0.2) is 23.5 Å². The standard InChI is InChI=1S/C13H13NO6/c1-9(2)12(15)7-8-19-13(16)20-11-5-3-10(4-6-11)14(17)18/h3-6H,1,7-8H2,2H3. The Hall–Kier alpha value is -2.70. The van der Waals surface area contributed by atoms with Crippen molar-refractivity contribution in [3.8, 4) is 5.75 Å². The molecule has 1 aromatic carbocycles. The number of nitro groups is 1. The van der Waals surface area contributed by atoms with Gasteiger partial charge in [-0.1, -0.05) is 6.58 Å². The minimum atomic E-state index is -0.978. The molecule has 0 saturated heterocycles. The number of non-ortho nitro benzene ring substituents is 1. The molecule has 7 heteroatoms. The van der Waals surface area contributed by atoms with Gasteiger partial charge in [0.2, 0.25) is 0 Å². The molecule has 0 atom stereocenters. The summed E-state index contributed by atoms with van der Waals surface area (Å²) in [7, 11) is 0. The molecule has 0 radical (unpaired) electrons. The third-order valence-electron chi connectivity index (χ3n) is 2.27. The Morgan fingerprint density at radius 2 is 1.90 bits per heavy atom. The summed E-state index contributed by atoms with van der Waals surface area (Å²) in [6.07, 6.45) is -0.946. The van der Waals surface area contributed by atoms with Gasteiger partial charge >= 0.3 is 6.16 Å². The monoisotopic (exact) mass is 279 g/mol. The first-order chi connectivity index (χ1) is 9.40. The highest BCUT2D eigenvalue weighted by molar-refractivity contribution is 5.94. The van der Waals surface area contributed by atoms with Gasteiger partial charge in [-0.05, 0) is 24.6 Å². The molecule has 1 rings (SSSR count). The fraction of sp³-hybridized carbons (Fsp3) is 0.231. The van der Waals surface area contributed by atoms with Gasteiger partial charge < -0.3 is 9.47 Å². The van der Waals surface area contributed by atoms with Gasteiger partial charge in [-0.2, -0.15) is 0 Å². The van der Waals surface area contributed by atoms with Crippen molar-refractivity contribution in [2.24, 2.45) is 0 Å². The van der Waals surface area contributed by atoms with Crippen LogP contribution < -0.4 is 4.74 Å². The van der Waals surface area contributed by atoms with E-state index >= 15 is 0 Å². The Kier molecular flexibility index (Phi) is 5.40. The van der Waals surface area contributed by atoms with Crippen LogP contribution in [0.4, 0.5) is 10.5 Å². The van der Waals surface area contributed by atoms with Crippen LogP contribution in [0.1, 0.15) is 13.3 Å². The molecule has 20 heavy (non-hydrogen) atoms. The fourth-order valence-corrected chi connectivity index (χ4v) is 1.20. The molecule has 1 aromatic rings. The SMILES string of the molecule is C=C(C)C(=O)CCOC(=O)Oc1ccc([N+](=O)[O-])cc1. The Bertz CT molecular complexity index is 534. The second-order valence-corrected chi connectivity index (χ2v) is 3.91. The third-order valence-corrected chi connectivity index (χ3v) is 2.27. The number of carbonyl (C=O) groups excluding carboxylic acids is 2. The lowest BCUT2D eigenvalue weighted by Crippen LogP contribution is -2.13. The van der Waals surface area contributed by atoms with Crippen LogP contribution in [0.2, 0.25) is 0 Å². The number of nitro benzene ring substituents is 1. The number of carbonyl (C=O) groups is 2. The molecule has 0 fully saturated rings. The van der Waals surface area contributed by atoms with Crippen LogP contribution in [0.15, 0.2) is 36.4 Å². The van der Waals surface area contributed by atoms with Crippen LogP contribution in [0.5, 0.6) is 5.75 Å². The molecule has 0 amide bonds. The summed E-state index contributed by atoms with van der Waals surface area (Å²) >= 11 is 0. The predicted molar refractivity (Wildman–Crippen MR) is 69.5 cm³/mol. The van der Waals surface area contributed by atoms with Crippen molar-refractivity contribution in [3.05, 3.63) is 46.5 Å². The second-order valence-electron chi connectivity index (χ2n) is 3.91. The van der Waals surface area contributed by atoms with Crippen LogP contribution in [-0.2, 0) is 9.53 Å². The van der Waals surface area contributed by atoms with Gasteiger partial charge in [-0.15, -0.1) is 0 Å². The Labute approximate surface area is 114 Å². The van der Waals surface area contributed by atoms with Crippen LogP contribution >= 0.6 is 0 Å². The summed E-state index contributed by atoms with van der Waals surface area (Å²) in [5, 5.41) is 10.4. The topological polar surface area (TPSA) is 95.7 Å². The predicted octanol–water partition coefficient (Wildman–Crippen LogP) is 2.65. The molecule has 0 aliphatic rings. The van der Waals surface area contributed by atoms with Crippen LogP contribution in [0, 0.1) is 10.1 Å². The average molecular weight is 279 g/mol. The number of ketones is 1. The first-order valence-electron chi connectivity index (χ1n) is 5.68. The summed E-state index contributed by atoms with van der Waals surface area (Å²) in [4.78, 5) is 32.3. The Balaban J connectivity index is 2.40. The fourth-order valence-electron chi connectivity index (χ4n) is 1.20. The van der Waals surface area contributed by atoms with Crippen molar-refractivity contribution in [2.45, 2.75) is 13.3 Å². The van der Waals surface area contributed by atoms with E-state index in [0.29, 0.717) is 5.57 Å². The van der Waals surface area contributed by atoms with E-state index in [-0.39, 0.29) is 30.2 Å². The molecule has 0 bridgehead atoms. The smallest absolute Gasteiger partial charge is 0.434 e. The van der Waals surface area contributed by atoms with E-state index in [1.165, 1.54) is 24.3 Å². The van der Waals surface area contributed by atoms with Gasteiger partial charge in [0, 0.05) is 18.6 Å². The molecule has 0 aromatic heterocycles. The molecule has 0 spiro atoms. The third kappa shape index (κ3) is 4.89. The molecular formula is C13H13NO6. The van der Waals surface area contributed by atoms with E-state index in [9.17, 15) is 19.7 Å². The maximum atomic E-state index is 11.3. The van der Waals surface area contributed by atoms with Gasteiger partial charge in [0.05, 0.1) is 4.92 Å². The lowest BCUT2D eigenvalue weighted by molar-refractivity contribution is -0.384. The summed E-state index contributed by atoms with van der Waals surface area (Å²) in [6, 6.07) is 4.96. The minimum Gasteiger partial charge on any atom is -0.434 e. The molecular weight excluding hydrogens is 266 g/mol. The van der Waals surface area contributed by atoms with Crippen molar-refractivity contribution in [3.63, 3.8) is 0 Å². The molecule has 0 aliphatic carbocycles. The largest absolute Gasteiger partial charge is 0.513 e. The summed E-state index contributed by atoms with van der Waals surface area (Å²) in [5.74, 6) is -0.0834. The molecule has 106 valence electrons. The van der Waals surface area contributed by atoms with Gasteiger partial charge in [0.1, 0.15) is 12.4 Å². The average Bonchev–Trinajstić information content (AvgIpc) is 2.39. The highest BCUT2D eigenvalue weighted by Crippen LogP contribution is 2.17. The molecule has 0 N–H and O–H groups in total. The number of ether oxygens (including phenoxy) is 2. The number of allylic oxidation sites excluding steroid dienone is 1. The Morgan fingerprint density at radius 1 is 1.30 bits per heavy atom. The maximum absolute atomic E-state index is 11.3. The van der Waals surface area contributed by atoms with Gasteiger partial charge in [-0.3, -0.25) is 14.9 Å². The lowest BCUT2D eigenvalue weighted by atomic mass is 10.2. The van der Waals surface area contributed by atoms with E-state index in [0.717, 1.165) is 0 Å². The first-order valence-corrected chi connectivity index (χ1v) is 5.68. The highest BCUT2D eigenvalue weighted by atomic mass is 16.7. The summed E-state index contributed by atoms with van der Waals surface area (Å²) < 4.78 is 9.46. The normalized spacial score (nSPS) is 9.65. The first kappa shape index (κ1) is 15.4. The van der Waals surface area contributed by atoms with E-state index in [4.69, 9.17) is 4.74 Å².